The zero-order chi connectivity index (χ0) is 36.3. The molecule has 0 bridgehead atoms. The van der Waals surface area contributed by atoms with E-state index in [0.717, 1.165) is 79.7 Å². The fraction of sp³-hybridized carbons (Fsp3) is 0.0385. The molecule has 1 aliphatic rings. The van der Waals surface area contributed by atoms with Crippen LogP contribution in [0.1, 0.15) is 17.7 Å². The third kappa shape index (κ3) is 5.27. The fourth-order valence-corrected chi connectivity index (χ4v) is 8.52. The Morgan fingerprint density at radius 1 is 0.436 bits per heavy atom. The average Bonchev–Trinajstić information content (AvgIpc) is 3.83. The predicted octanol–water partition coefficient (Wildman–Crippen LogP) is 14.9. The molecule has 0 saturated carbocycles. The van der Waals surface area contributed by atoms with Crippen LogP contribution in [-0.2, 0) is 6.42 Å². The highest BCUT2D eigenvalue weighted by molar-refractivity contribution is 6.19. The van der Waals surface area contributed by atoms with Gasteiger partial charge in [-0.1, -0.05) is 121 Å². The SMILES string of the molecule is C1=Cc2oc3cccc(N(c4ccccc4)c4ccc(-c5cc6c7ccc(-c8cccc(-c9ccccc9)c8)cc7oc6c6ccccc56)cc4)c3c2CC1. The normalized spacial score (nSPS) is 12.5. The number of para-hydroxylation sites is 1. The first-order chi connectivity index (χ1) is 27.3. The van der Waals surface area contributed by atoms with Crippen molar-refractivity contribution in [1.29, 1.82) is 0 Å². The van der Waals surface area contributed by atoms with Crippen LogP contribution in [0, 0.1) is 0 Å². The molecule has 8 aromatic carbocycles. The smallest absolute Gasteiger partial charge is 0.143 e. The summed E-state index contributed by atoms with van der Waals surface area (Å²) in [6, 6.07) is 62.9. The van der Waals surface area contributed by atoms with Gasteiger partial charge in [0.1, 0.15) is 22.5 Å². The zero-order valence-corrected chi connectivity index (χ0v) is 30.1. The number of hydrogen-bond donors (Lipinski definition) is 0. The number of furan rings is 2. The van der Waals surface area contributed by atoms with Crippen LogP contribution in [0.3, 0.4) is 0 Å². The van der Waals surface area contributed by atoms with Crippen molar-refractivity contribution < 1.29 is 8.83 Å². The van der Waals surface area contributed by atoms with E-state index < -0.39 is 0 Å². The van der Waals surface area contributed by atoms with Gasteiger partial charge in [-0.3, -0.25) is 0 Å². The van der Waals surface area contributed by atoms with Crippen molar-refractivity contribution in [2.75, 3.05) is 4.90 Å². The van der Waals surface area contributed by atoms with E-state index >= 15 is 0 Å². The Labute approximate surface area is 319 Å². The molecule has 0 radical (unpaired) electrons. The number of rotatable bonds is 6. The Bertz CT molecular complexity index is 3080. The fourth-order valence-electron chi connectivity index (χ4n) is 8.52. The van der Waals surface area contributed by atoms with Gasteiger partial charge >= 0.3 is 0 Å². The molecule has 0 unspecified atom stereocenters. The lowest BCUT2D eigenvalue weighted by Gasteiger charge is -2.27. The zero-order valence-electron chi connectivity index (χ0n) is 30.1. The molecule has 0 saturated heterocycles. The number of aryl methyl sites for hydroxylation is 1. The Morgan fingerprint density at radius 2 is 1.11 bits per heavy atom. The average molecular weight is 706 g/mol. The first-order valence-corrected chi connectivity index (χ1v) is 19.0. The molecule has 0 aliphatic heterocycles. The summed E-state index contributed by atoms with van der Waals surface area (Å²) in [5.74, 6) is 0.972. The van der Waals surface area contributed by atoms with Crippen LogP contribution < -0.4 is 4.90 Å². The van der Waals surface area contributed by atoms with Crippen LogP contribution >= 0.6 is 0 Å². The highest BCUT2D eigenvalue weighted by Gasteiger charge is 2.23. The van der Waals surface area contributed by atoms with Crippen molar-refractivity contribution in [2.24, 2.45) is 0 Å². The molecular weight excluding hydrogens is 671 g/mol. The second kappa shape index (κ2) is 12.8. The molecule has 10 aromatic rings. The van der Waals surface area contributed by atoms with Crippen LogP contribution in [0.25, 0.3) is 83.1 Å². The summed E-state index contributed by atoms with van der Waals surface area (Å²) in [4.78, 5) is 2.36. The lowest BCUT2D eigenvalue weighted by Crippen LogP contribution is -2.10. The second-order valence-electron chi connectivity index (χ2n) is 14.4. The van der Waals surface area contributed by atoms with E-state index in [4.69, 9.17) is 8.83 Å². The number of fused-ring (bicyclic) bond motifs is 8. The highest BCUT2D eigenvalue weighted by Crippen LogP contribution is 2.45. The standard InChI is InChI=1S/C52H35NO2/c1-3-13-34(14-4-1)36-15-11-16-37(31-36)38-27-30-42-46-33-45(41-19-7-8-20-43(41)52(46)55-50(42)32-38)35-25-28-40(29-26-35)53(39-17-5-2-6-18-39)47-22-12-24-49-51(47)44-21-9-10-23-48(44)54-49/h1-8,10-20,22-33H,9,21H2. The topological polar surface area (TPSA) is 29.5 Å². The minimum absolute atomic E-state index is 0.889. The molecule has 3 heteroatoms. The summed E-state index contributed by atoms with van der Waals surface area (Å²) in [5, 5.41) is 5.70. The predicted molar refractivity (Wildman–Crippen MR) is 229 cm³/mol. The molecule has 0 atom stereocenters. The van der Waals surface area contributed by atoms with Gasteiger partial charge in [0.05, 0.1) is 5.69 Å². The minimum atomic E-state index is 0.889. The number of nitrogens with zero attached hydrogens (tertiary/aromatic N) is 1. The molecule has 3 nitrogen and oxygen atoms in total. The molecular formula is C52H35NO2. The van der Waals surface area contributed by atoms with Gasteiger partial charge in [0.2, 0.25) is 0 Å². The van der Waals surface area contributed by atoms with Gasteiger partial charge in [-0.25, -0.2) is 0 Å². The number of hydrogen-bond acceptors (Lipinski definition) is 3. The number of allylic oxidation sites excluding steroid dienone is 1. The lowest BCUT2D eigenvalue weighted by atomic mass is 9.94. The molecule has 1 aliphatic carbocycles. The van der Waals surface area contributed by atoms with Crippen LogP contribution in [0.15, 0.2) is 191 Å². The first kappa shape index (κ1) is 31.4. The lowest BCUT2D eigenvalue weighted by molar-refractivity contribution is 0.595. The van der Waals surface area contributed by atoms with Crippen LogP contribution in [0.4, 0.5) is 17.1 Å². The summed E-state index contributed by atoms with van der Waals surface area (Å²) in [6.07, 6.45) is 6.32. The van der Waals surface area contributed by atoms with Gasteiger partial charge < -0.3 is 13.7 Å². The molecule has 11 rings (SSSR count). The maximum absolute atomic E-state index is 6.73. The van der Waals surface area contributed by atoms with Crippen LogP contribution in [0.5, 0.6) is 0 Å². The largest absolute Gasteiger partial charge is 0.456 e. The Hall–Kier alpha value is -7.10. The summed E-state index contributed by atoms with van der Waals surface area (Å²) in [5.41, 5.74) is 14.4. The third-order valence-corrected chi connectivity index (χ3v) is 11.1. The molecule has 0 amide bonds. The Kier molecular flexibility index (Phi) is 7.31. The van der Waals surface area contributed by atoms with Crippen molar-refractivity contribution in [1.82, 2.24) is 0 Å². The van der Waals surface area contributed by atoms with E-state index in [1.165, 1.54) is 38.6 Å². The molecule has 0 N–H and O–H groups in total. The maximum Gasteiger partial charge on any atom is 0.143 e. The third-order valence-electron chi connectivity index (χ3n) is 11.1. The Morgan fingerprint density at radius 3 is 1.95 bits per heavy atom. The molecule has 2 heterocycles. The van der Waals surface area contributed by atoms with E-state index in [2.05, 4.69) is 193 Å². The van der Waals surface area contributed by atoms with E-state index in [1.54, 1.807) is 0 Å². The molecule has 0 spiro atoms. The highest BCUT2D eigenvalue weighted by atomic mass is 16.3. The van der Waals surface area contributed by atoms with E-state index in [0.29, 0.717) is 0 Å². The van der Waals surface area contributed by atoms with Gasteiger partial charge in [0, 0.05) is 38.5 Å². The maximum atomic E-state index is 6.73. The van der Waals surface area contributed by atoms with Crippen molar-refractivity contribution in [2.45, 2.75) is 12.8 Å². The van der Waals surface area contributed by atoms with Crippen LogP contribution in [-0.4, -0.2) is 0 Å². The van der Waals surface area contributed by atoms with Crippen molar-refractivity contribution in [3.05, 3.63) is 193 Å². The second-order valence-corrected chi connectivity index (χ2v) is 14.4. The summed E-state index contributed by atoms with van der Waals surface area (Å²) in [6.45, 7) is 0. The van der Waals surface area contributed by atoms with Gasteiger partial charge in [-0.05, 0) is 118 Å². The van der Waals surface area contributed by atoms with E-state index in [1.807, 2.05) is 0 Å². The van der Waals surface area contributed by atoms with Gasteiger partial charge in [-0.15, -0.1) is 0 Å². The van der Waals surface area contributed by atoms with Gasteiger partial charge in [0.15, 0.2) is 0 Å². The minimum Gasteiger partial charge on any atom is -0.456 e. The molecule has 260 valence electrons. The quantitative estimate of drug-likeness (QED) is 0.172. The van der Waals surface area contributed by atoms with Gasteiger partial charge in [-0.2, -0.15) is 0 Å². The summed E-state index contributed by atoms with van der Waals surface area (Å²) >= 11 is 0. The number of anilines is 3. The van der Waals surface area contributed by atoms with Crippen molar-refractivity contribution >= 4 is 66.8 Å². The summed E-state index contributed by atoms with van der Waals surface area (Å²) in [7, 11) is 0. The van der Waals surface area contributed by atoms with Crippen molar-refractivity contribution in [3.8, 4) is 33.4 Å². The first-order valence-electron chi connectivity index (χ1n) is 19.0. The van der Waals surface area contributed by atoms with Gasteiger partial charge in [0.25, 0.3) is 0 Å². The van der Waals surface area contributed by atoms with E-state index in [-0.39, 0.29) is 0 Å². The van der Waals surface area contributed by atoms with Crippen LogP contribution in [0.2, 0.25) is 0 Å². The van der Waals surface area contributed by atoms with Crippen molar-refractivity contribution in [3.63, 3.8) is 0 Å². The molecule has 55 heavy (non-hydrogen) atoms. The monoisotopic (exact) mass is 705 g/mol. The molecule has 2 aromatic heterocycles. The number of benzene rings is 8. The Balaban J connectivity index is 1.02. The summed E-state index contributed by atoms with van der Waals surface area (Å²) < 4.78 is 13.1. The molecule has 0 fully saturated rings. The van der Waals surface area contributed by atoms with E-state index in [9.17, 15) is 0 Å².